The number of fused-ring (bicyclic) bond motifs is 9. The van der Waals surface area contributed by atoms with Gasteiger partial charge in [-0.05, 0) is 56.3 Å². The summed E-state index contributed by atoms with van der Waals surface area (Å²) in [5.41, 5.74) is 6.88. The maximum absolute atomic E-state index is 6.51. The van der Waals surface area contributed by atoms with Gasteiger partial charge in [-0.15, -0.1) is 0 Å². The zero-order valence-electron chi connectivity index (χ0n) is 26.3. The lowest BCUT2D eigenvalue weighted by Gasteiger charge is -2.11. The van der Waals surface area contributed by atoms with Crippen molar-refractivity contribution in [1.29, 1.82) is 0 Å². The van der Waals surface area contributed by atoms with E-state index in [1.807, 2.05) is 18.2 Å². The molecule has 0 saturated carbocycles. The molecule has 0 radical (unpaired) electrons. The van der Waals surface area contributed by atoms with Crippen LogP contribution in [0.4, 0.5) is 0 Å². The normalized spacial score (nSPS) is 11.7. The van der Waals surface area contributed by atoms with Crippen molar-refractivity contribution in [2.75, 3.05) is 0 Å². The highest BCUT2D eigenvalue weighted by molar-refractivity contribution is 6.30. The van der Waals surface area contributed by atoms with Crippen LogP contribution in [0.5, 0.6) is 0 Å². The van der Waals surface area contributed by atoms with Crippen molar-refractivity contribution in [3.8, 4) is 45.3 Å². The molecule has 2 heterocycles. The SMILES string of the molecule is c1ccc(-c2ccc(-c3nc(-c4ccc5ccccc5c4)nc(-c4ccc5c6ccccc6c6oc7ccccc7c6c5c4)n3)cc2)cc1. The minimum absolute atomic E-state index is 0.622. The molecular formula is C45H27N3O. The highest BCUT2D eigenvalue weighted by Crippen LogP contribution is 2.42. The molecule has 0 N–H and O–H groups in total. The van der Waals surface area contributed by atoms with E-state index in [0.717, 1.165) is 65.7 Å². The molecule has 0 aliphatic rings. The van der Waals surface area contributed by atoms with Crippen LogP contribution >= 0.6 is 0 Å². The van der Waals surface area contributed by atoms with Crippen molar-refractivity contribution in [3.63, 3.8) is 0 Å². The number of hydrogen-bond donors (Lipinski definition) is 0. The molecule has 4 heteroatoms. The van der Waals surface area contributed by atoms with Crippen LogP contribution in [0.3, 0.4) is 0 Å². The van der Waals surface area contributed by atoms with Gasteiger partial charge in [-0.25, -0.2) is 15.0 Å². The maximum Gasteiger partial charge on any atom is 0.164 e. The number of aromatic nitrogens is 3. The van der Waals surface area contributed by atoms with Gasteiger partial charge < -0.3 is 4.42 Å². The molecule has 8 aromatic carbocycles. The van der Waals surface area contributed by atoms with Crippen molar-refractivity contribution in [2.24, 2.45) is 0 Å². The molecule has 228 valence electrons. The van der Waals surface area contributed by atoms with Gasteiger partial charge in [0.2, 0.25) is 0 Å². The molecule has 2 aromatic heterocycles. The Bertz CT molecular complexity index is 2870. The second kappa shape index (κ2) is 11.0. The summed E-state index contributed by atoms with van der Waals surface area (Å²) < 4.78 is 6.51. The fourth-order valence-electron chi connectivity index (χ4n) is 7.08. The Morgan fingerprint density at radius 2 is 0.857 bits per heavy atom. The third-order valence-corrected chi connectivity index (χ3v) is 9.50. The van der Waals surface area contributed by atoms with E-state index in [1.54, 1.807) is 0 Å². The molecule has 0 unspecified atom stereocenters. The highest BCUT2D eigenvalue weighted by Gasteiger charge is 2.18. The lowest BCUT2D eigenvalue weighted by atomic mass is 9.95. The lowest BCUT2D eigenvalue weighted by Crippen LogP contribution is -2.00. The van der Waals surface area contributed by atoms with E-state index in [0.29, 0.717) is 17.5 Å². The van der Waals surface area contributed by atoms with Gasteiger partial charge in [-0.3, -0.25) is 0 Å². The molecule has 10 rings (SSSR count). The molecule has 49 heavy (non-hydrogen) atoms. The van der Waals surface area contributed by atoms with Crippen molar-refractivity contribution in [2.45, 2.75) is 0 Å². The lowest BCUT2D eigenvalue weighted by molar-refractivity contribution is 0.673. The zero-order chi connectivity index (χ0) is 32.3. The fourth-order valence-corrected chi connectivity index (χ4v) is 7.08. The summed E-state index contributed by atoms with van der Waals surface area (Å²) in [7, 11) is 0. The molecule has 10 aromatic rings. The quantitative estimate of drug-likeness (QED) is 0.183. The molecule has 4 nitrogen and oxygen atoms in total. The molecule has 0 aliphatic heterocycles. The van der Waals surface area contributed by atoms with E-state index in [9.17, 15) is 0 Å². The average Bonchev–Trinajstić information content (AvgIpc) is 3.58. The molecule has 0 amide bonds. The number of benzene rings is 8. The van der Waals surface area contributed by atoms with Gasteiger partial charge in [0.05, 0.1) is 0 Å². The van der Waals surface area contributed by atoms with Crippen molar-refractivity contribution in [3.05, 3.63) is 164 Å². The second-order valence-corrected chi connectivity index (χ2v) is 12.4. The molecule has 0 atom stereocenters. The van der Waals surface area contributed by atoms with E-state index in [2.05, 4.69) is 146 Å². The minimum Gasteiger partial charge on any atom is -0.455 e. The summed E-state index contributed by atoms with van der Waals surface area (Å²) >= 11 is 0. The molecule has 0 fully saturated rings. The van der Waals surface area contributed by atoms with Crippen LogP contribution in [0.25, 0.3) is 99.5 Å². The summed E-state index contributed by atoms with van der Waals surface area (Å²) in [6, 6.07) is 56.9. The van der Waals surface area contributed by atoms with Crippen molar-refractivity contribution < 1.29 is 4.42 Å². The monoisotopic (exact) mass is 625 g/mol. The Morgan fingerprint density at radius 1 is 0.327 bits per heavy atom. The maximum atomic E-state index is 6.51. The Morgan fingerprint density at radius 3 is 1.65 bits per heavy atom. The molecular weight excluding hydrogens is 599 g/mol. The molecule has 0 aliphatic carbocycles. The molecule has 0 spiro atoms. The first kappa shape index (κ1) is 27.5. The third kappa shape index (κ3) is 4.57. The second-order valence-electron chi connectivity index (χ2n) is 12.4. The van der Waals surface area contributed by atoms with Crippen molar-refractivity contribution >= 4 is 54.3 Å². The van der Waals surface area contributed by atoms with E-state index >= 15 is 0 Å². The highest BCUT2D eigenvalue weighted by atomic mass is 16.3. The standard InChI is InChI=1S/C45H27N3O/c1-2-10-28(11-3-1)30-18-21-31(22-19-30)43-46-44(33-23-20-29-12-4-5-13-32(29)26-33)48-45(47-43)34-24-25-36-35-14-6-7-15-37(35)42-41(39(36)27-34)38-16-8-9-17-40(38)49-42/h1-27H. The van der Waals surface area contributed by atoms with Crippen LogP contribution in [0.2, 0.25) is 0 Å². The number of rotatable bonds is 4. The number of para-hydroxylation sites is 1. The van der Waals surface area contributed by atoms with Crippen LogP contribution in [-0.2, 0) is 0 Å². The minimum atomic E-state index is 0.622. The fraction of sp³-hybridized carbons (Fsp3) is 0. The van der Waals surface area contributed by atoms with Gasteiger partial charge in [0.15, 0.2) is 17.5 Å². The Kier molecular flexibility index (Phi) is 6.15. The first-order chi connectivity index (χ1) is 24.3. The van der Waals surface area contributed by atoms with E-state index < -0.39 is 0 Å². The van der Waals surface area contributed by atoms with Gasteiger partial charge in [-0.2, -0.15) is 0 Å². The summed E-state index contributed by atoms with van der Waals surface area (Å²) in [4.78, 5) is 15.3. The van der Waals surface area contributed by atoms with Gasteiger partial charge in [0.25, 0.3) is 0 Å². The van der Waals surface area contributed by atoms with E-state index in [4.69, 9.17) is 19.4 Å². The van der Waals surface area contributed by atoms with Crippen LogP contribution < -0.4 is 0 Å². The van der Waals surface area contributed by atoms with Crippen molar-refractivity contribution in [1.82, 2.24) is 15.0 Å². The number of hydrogen-bond acceptors (Lipinski definition) is 4. The predicted molar refractivity (Wildman–Crippen MR) is 201 cm³/mol. The number of nitrogens with zero attached hydrogens (tertiary/aromatic N) is 3. The van der Waals surface area contributed by atoms with Gasteiger partial charge in [-0.1, -0.05) is 146 Å². The Labute approximate surface area is 282 Å². The Balaban J connectivity index is 1.20. The topological polar surface area (TPSA) is 51.8 Å². The van der Waals surface area contributed by atoms with Crippen LogP contribution in [-0.4, -0.2) is 15.0 Å². The summed E-state index contributed by atoms with van der Waals surface area (Å²) in [5, 5.41) is 9.05. The van der Waals surface area contributed by atoms with E-state index in [-0.39, 0.29) is 0 Å². The summed E-state index contributed by atoms with van der Waals surface area (Å²) in [6.45, 7) is 0. The molecule has 0 saturated heterocycles. The Hall–Kier alpha value is -6.65. The first-order valence-electron chi connectivity index (χ1n) is 16.4. The molecule has 0 bridgehead atoms. The van der Waals surface area contributed by atoms with Gasteiger partial charge in [0.1, 0.15) is 11.2 Å². The largest absolute Gasteiger partial charge is 0.455 e. The van der Waals surface area contributed by atoms with Gasteiger partial charge >= 0.3 is 0 Å². The summed E-state index contributed by atoms with van der Waals surface area (Å²) in [5.74, 6) is 1.89. The predicted octanol–water partition coefficient (Wildman–Crippen LogP) is 11.9. The van der Waals surface area contributed by atoms with Crippen LogP contribution in [0.1, 0.15) is 0 Å². The van der Waals surface area contributed by atoms with Crippen LogP contribution in [0, 0.1) is 0 Å². The summed E-state index contributed by atoms with van der Waals surface area (Å²) in [6.07, 6.45) is 0. The van der Waals surface area contributed by atoms with Gasteiger partial charge in [0, 0.05) is 32.8 Å². The third-order valence-electron chi connectivity index (χ3n) is 9.50. The smallest absolute Gasteiger partial charge is 0.164 e. The van der Waals surface area contributed by atoms with Crippen LogP contribution in [0.15, 0.2) is 168 Å². The first-order valence-corrected chi connectivity index (χ1v) is 16.4. The number of furan rings is 1. The average molecular weight is 626 g/mol. The van der Waals surface area contributed by atoms with E-state index in [1.165, 1.54) is 16.3 Å². The zero-order valence-corrected chi connectivity index (χ0v) is 26.3.